The lowest BCUT2D eigenvalue weighted by atomic mass is 9.73. The maximum absolute atomic E-state index is 13.0. The second-order valence-electron chi connectivity index (χ2n) is 7.28. The fraction of sp³-hybridized carbons (Fsp3) is 0.381. The van der Waals surface area contributed by atoms with Gasteiger partial charge < -0.3 is 4.90 Å². The number of rotatable bonds is 2. The number of halogens is 3. The van der Waals surface area contributed by atoms with Crippen LogP contribution in [0.25, 0.3) is 0 Å². The highest BCUT2D eigenvalue weighted by Gasteiger charge is 2.45. The molecule has 0 bridgehead atoms. The first-order valence-electron chi connectivity index (χ1n) is 8.97. The Labute approximate surface area is 150 Å². The molecule has 2 fully saturated rings. The third kappa shape index (κ3) is 3.11. The Kier molecular flexibility index (Phi) is 4.25. The van der Waals surface area contributed by atoms with Crippen LogP contribution in [0.15, 0.2) is 54.6 Å². The predicted octanol–water partition coefficient (Wildman–Crippen LogP) is 5.25. The summed E-state index contributed by atoms with van der Waals surface area (Å²) in [5.41, 5.74) is 0.895. The summed E-state index contributed by atoms with van der Waals surface area (Å²) in [6.45, 7) is 0.520. The second kappa shape index (κ2) is 6.45. The van der Waals surface area contributed by atoms with Gasteiger partial charge in [0, 0.05) is 18.2 Å². The van der Waals surface area contributed by atoms with Crippen molar-refractivity contribution < 1.29 is 18.0 Å². The zero-order chi connectivity index (χ0) is 18.3. The van der Waals surface area contributed by atoms with E-state index in [2.05, 4.69) is 12.1 Å². The van der Waals surface area contributed by atoms with Crippen LogP contribution < -0.4 is 4.90 Å². The van der Waals surface area contributed by atoms with Crippen molar-refractivity contribution in [3.05, 3.63) is 65.7 Å². The summed E-state index contributed by atoms with van der Waals surface area (Å²) in [5.74, 6) is 0.457. The zero-order valence-corrected chi connectivity index (χ0v) is 14.2. The van der Waals surface area contributed by atoms with Crippen molar-refractivity contribution in [3.8, 4) is 0 Å². The summed E-state index contributed by atoms with van der Waals surface area (Å²) >= 11 is 0. The summed E-state index contributed by atoms with van der Waals surface area (Å²) in [6, 6.07) is 15.3. The summed E-state index contributed by atoms with van der Waals surface area (Å²) in [6.07, 6.45) is -1.66. The van der Waals surface area contributed by atoms with E-state index < -0.39 is 11.7 Å². The van der Waals surface area contributed by atoms with Gasteiger partial charge in [-0.25, -0.2) is 0 Å². The highest BCUT2D eigenvalue weighted by atomic mass is 19.4. The minimum atomic E-state index is -4.40. The molecule has 2 aromatic rings. The van der Waals surface area contributed by atoms with E-state index in [0.29, 0.717) is 18.2 Å². The van der Waals surface area contributed by atoms with Crippen LogP contribution in [0.1, 0.15) is 36.3 Å². The molecule has 1 aliphatic heterocycles. The largest absolute Gasteiger partial charge is 0.416 e. The Bertz CT molecular complexity index is 802. The molecular formula is C21H20F3NO. The lowest BCUT2D eigenvalue weighted by molar-refractivity contribution is -0.137. The molecule has 3 unspecified atom stereocenters. The molecule has 136 valence electrons. The summed E-state index contributed by atoms with van der Waals surface area (Å²) < 4.78 is 38.9. The highest BCUT2D eigenvalue weighted by molar-refractivity contribution is 5.97. The van der Waals surface area contributed by atoms with Crippen molar-refractivity contribution in [2.24, 2.45) is 11.8 Å². The average molecular weight is 359 g/mol. The first-order valence-corrected chi connectivity index (χ1v) is 8.97. The lowest BCUT2D eigenvalue weighted by Crippen LogP contribution is -2.28. The second-order valence-corrected chi connectivity index (χ2v) is 7.28. The molecule has 26 heavy (non-hydrogen) atoms. The Morgan fingerprint density at radius 2 is 1.73 bits per heavy atom. The SMILES string of the molecule is O=C1C2CC(c3ccccc3)CCC2CN1c1cccc(C(F)(F)F)c1. The maximum atomic E-state index is 13.0. The normalized spacial score (nSPS) is 26.0. The van der Waals surface area contributed by atoms with E-state index in [9.17, 15) is 18.0 Å². The molecule has 5 heteroatoms. The predicted molar refractivity (Wildman–Crippen MR) is 93.8 cm³/mol. The molecule has 0 aromatic heterocycles. The zero-order valence-electron chi connectivity index (χ0n) is 14.2. The molecule has 0 N–H and O–H groups in total. The van der Waals surface area contributed by atoms with E-state index >= 15 is 0 Å². The van der Waals surface area contributed by atoms with Gasteiger partial charge in [0.15, 0.2) is 0 Å². The monoisotopic (exact) mass is 359 g/mol. The van der Waals surface area contributed by atoms with Crippen LogP contribution in [0.5, 0.6) is 0 Å². The standard InChI is InChI=1S/C21H20F3NO/c22-21(23,24)17-7-4-8-18(12-17)25-13-16-10-9-15(11-19(16)20(25)26)14-5-2-1-3-6-14/h1-8,12,15-16,19H,9-11,13H2. The Hall–Kier alpha value is -2.30. The minimum absolute atomic E-state index is 0.0324. The van der Waals surface area contributed by atoms with Gasteiger partial charge in [0.25, 0.3) is 0 Å². The highest BCUT2D eigenvalue weighted by Crippen LogP contribution is 2.45. The molecule has 2 nitrogen and oxygen atoms in total. The van der Waals surface area contributed by atoms with E-state index in [0.717, 1.165) is 31.4 Å². The molecule has 1 heterocycles. The quantitative estimate of drug-likeness (QED) is 0.717. The number of anilines is 1. The van der Waals surface area contributed by atoms with E-state index in [4.69, 9.17) is 0 Å². The van der Waals surface area contributed by atoms with Crippen LogP contribution in [-0.2, 0) is 11.0 Å². The topological polar surface area (TPSA) is 20.3 Å². The van der Waals surface area contributed by atoms with Crippen LogP contribution in [0.4, 0.5) is 18.9 Å². The molecule has 0 spiro atoms. The van der Waals surface area contributed by atoms with Gasteiger partial charge in [-0.2, -0.15) is 13.2 Å². The summed E-state index contributed by atoms with van der Waals surface area (Å²) in [7, 11) is 0. The number of hydrogen-bond acceptors (Lipinski definition) is 1. The molecule has 1 saturated carbocycles. The first kappa shape index (κ1) is 17.1. The van der Waals surface area contributed by atoms with Gasteiger partial charge in [-0.15, -0.1) is 0 Å². The van der Waals surface area contributed by atoms with E-state index in [1.54, 1.807) is 11.0 Å². The van der Waals surface area contributed by atoms with Crippen LogP contribution in [0.3, 0.4) is 0 Å². The van der Waals surface area contributed by atoms with E-state index in [-0.39, 0.29) is 17.7 Å². The van der Waals surface area contributed by atoms with Gasteiger partial charge in [-0.05, 0) is 54.9 Å². The summed E-state index contributed by atoms with van der Waals surface area (Å²) in [5, 5.41) is 0. The number of amides is 1. The Morgan fingerprint density at radius 1 is 0.962 bits per heavy atom. The first-order chi connectivity index (χ1) is 12.4. The van der Waals surface area contributed by atoms with Crippen LogP contribution in [-0.4, -0.2) is 12.5 Å². The van der Waals surface area contributed by atoms with Gasteiger partial charge in [-0.3, -0.25) is 4.79 Å². The molecule has 2 aliphatic rings. The Balaban J connectivity index is 1.55. The number of carbonyl (C=O) groups is 1. The number of nitrogens with zero attached hydrogens (tertiary/aromatic N) is 1. The van der Waals surface area contributed by atoms with Crippen LogP contribution >= 0.6 is 0 Å². The van der Waals surface area contributed by atoms with Gasteiger partial charge in [-0.1, -0.05) is 36.4 Å². The van der Waals surface area contributed by atoms with Crippen LogP contribution in [0, 0.1) is 11.8 Å². The van der Waals surface area contributed by atoms with E-state index in [1.807, 2.05) is 18.2 Å². The van der Waals surface area contributed by atoms with Gasteiger partial charge in [0.05, 0.1) is 5.56 Å². The van der Waals surface area contributed by atoms with Gasteiger partial charge in [0.2, 0.25) is 5.91 Å². The van der Waals surface area contributed by atoms with Crippen molar-refractivity contribution >= 4 is 11.6 Å². The van der Waals surface area contributed by atoms with Crippen molar-refractivity contribution in [2.75, 3.05) is 11.4 Å². The molecule has 1 saturated heterocycles. The fourth-order valence-corrected chi connectivity index (χ4v) is 4.39. The number of hydrogen-bond donors (Lipinski definition) is 0. The third-order valence-electron chi connectivity index (χ3n) is 5.75. The van der Waals surface area contributed by atoms with Gasteiger partial charge in [0.1, 0.15) is 0 Å². The summed E-state index contributed by atoms with van der Waals surface area (Å²) in [4.78, 5) is 14.5. The number of alkyl halides is 3. The molecule has 2 aromatic carbocycles. The maximum Gasteiger partial charge on any atom is 0.416 e. The fourth-order valence-electron chi connectivity index (χ4n) is 4.39. The smallest absolute Gasteiger partial charge is 0.312 e. The van der Waals surface area contributed by atoms with Crippen molar-refractivity contribution in [1.82, 2.24) is 0 Å². The number of fused-ring (bicyclic) bond motifs is 1. The van der Waals surface area contributed by atoms with Crippen molar-refractivity contribution in [3.63, 3.8) is 0 Å². The molecule has 1 amide bonds. The third-order valence-corrected chi connectivity index (χ3v) is 5.75. The molecule has 3 atom stereocenters. The van der Waals surface area contributed by atoms with Crippen molar-refractivity contribution in [1.29, 1.82) is 0 Å². The van der Waals surface area contributed by atoms with Gasteiger partial charge >= 0.3 is 6.18 Å². The number of benzene rings is 2. The molecule has 4 rings (SSSR count). The van der Waals surface area contributed by atoms with E-state index in [1.165, 1.54) is 11.6 Å². The molecule has 0 radical (unpaired) electrons. The minimum Gasteiger partial charge on any atom is -0.312 e. The Morgan fingerprint density at radius 3 is 2.46 bits per heavy atom. The molecule has 1 aliphatic carbocycles. The lowest BCUT2D eigenvalue weighted by Gasteiger charge is -2.29. The average Bonchev–Trinajstić information content (AvgIpc) is 2.98. The molecular weight excluding hydrogens is 339 g/mol. The van der Waals surface area contributed by atoms with Crippen LogP contribution in [0.2, 0.25) is 0 Å². The van der Waals surface area contributed by atoms with Crippen molar-refractivity contribution in [2.45, 2.75) is 31.4 Å². The number of carbonyl (C=O) groups excluding carboxylic acids is 1.